The van der Waals surface area contributed by atoms with Crippen LogP contribution in [0.1, 0.15) is 18.9 Å². The molecule has 35 heavy (non-hydrogen) atoms. The highest BCUT2D eigenvalue weighted by Gasteiger charge is 2.33. The zero-order valence-corrected chi connectivity index (χ0v) is 20.0. The monoisotopic (exact) mass is 502 g/mol. The molecule has 2 aromatic carbocycles. The first kappa shape index (κ1) is 25.9. The van der Waals surface area contributed by atoms with Gasteiger partial charge in [-0.2, -0.15) is 4.31 Å². The number of rotatable bonds is 10. The van der Waals surface area contributed by atoms with E-state index < -0.39 is 33.2 Å². The summed E-state index contributed by atoms with van der Waals surface area (Å²) in [5.74, 6) is 0.0450. The molecule has 0 bridgehead atoms. The van der Waals surface area contributed by atoms with Gasteiger partial charge in [-0.25, -0.2) is 18.7 Å². The molecule has 1 aromatic heterocycles. The van der Waals surface area contributed by atoms with Gasteiger partial charge in [0.05, 0.1) is 4.90 Å². The third-order valence-electron chi connectivity index (χ3n) is 5.44. The molecule has 0 spiro atoms. The van der Waals surface area contributed by atoms with Gasteiger partial charge in [-0.3, -0.25) is 19.8 Å². The number of H-pyrrole nitrogens is 1. The number of aryl methyl sites for hydroxylation is 2. The van der Waals surface area contributed by atoms with E-state index in [1.165, 1.54) is 47.6 Å². The largest absolute Gasteiger partial charge is 0.457 e. The number of nitrogens with zero attached hydrogens (tertiary/aromatic N) is 2. The van der Waals surface area contributed by atoms with Crippen LogP contribution in [0.4, 0.5) is 0 Å². The standard InChI is InChI=1S/C23H26N4O7S/c1-3-16-15-27(23(30)24-21(16)28)14-13-20(22(29)25-31)26(2)35(32,33)19-11-9-18(10-12-19)34-17-7-5-4-6-8-17/h4-12,15,20,31H,3,13-14H2,1-2H3,(H,25,29)(H,24,28,30). The number of benzene rings is 2. The lowest BCUT2D eigenvalue weighted by Gasteiger charge is -2.26. The molecule has 0 radical (unpaired) electrons. The van der Waals surface area contributed by atoms with Crippen LogP contribution in [-0.2, 0) is 27.8 Å². The molecule has 1 atom stereocenters. The van der Waals surface area contributed by atoms with Gasteiger partial charge in [0.2, 0.25) is 10.0 Å². The number of hydroxylamine groups is 1. The Morgan fingerprint density at radius 1 is 1.11 bits per heavy atom. The number of aromatic amines is 1. The van der Waals surface area contributed by atoms with Crippen molar-refractivity contribution in [2.45, 2.75) is 37.2 Å². The zero-order valence-electron chi connectivity index (χ0n) is 19.2. The molecule has 0 saturated carbocycles. The van der Waals surface area contributed by atoms with Gasteiger partial charge in [0.1, 0.15) is 17.5 Å². The van der Waals surface area contributed by atoms with E-state index in [0.29, 0.717) is 23.5 Å². The van der Waals surface area contributed by atoms with Crippen molar-refractivity contribution in [1.82, 2.24) is 19.3 Å². The number of hydrogen-bond acceptors (Lipinski definition) is 7. The SMILES string of the molecule is CCc1cn(CCC(C(=O)NO)N(C)S(=O)(=O)c2ccc(Oc3ccccc3)cc2)c(=O)[nH]c1=O. The molecule has 1 amide bonds. The molecule has 3 aromatic rings. The Bertz CT molecular complexity index is 1380. The van der Waals surface area contributed by atoms with Gasteiger partial charge in [-0.15, -0.1) is 0 Å². The molecular formula is C23H26N4O7S. The molecule has 186 valence electrons. The van der Waals surface area contributed by atoms with E-state index in [1.54, 1.807) is 31.2 Å². The molecule has 3 rings (SSSR count). The van der Waals surface area contributed by atoms with Crippen molar-refractivity contribution in [2.75, 3.05) is 7.05 Å². The number of hydrogen-bond donors (Lipinski definition) is 3. The molecule has 1 heterocycles. The van der Waals surface area contributed by atoms with Gasteiger partial charge < -0.3 is 9.30 Å². The number of sulfonamides is 1. The molecule has 0 saturated heterocycles. The van der Waals surface area contributed by atoms with Crippen molar-refractivity contribution in [3.05, 3.63) is 87.2 Å². The maximum absolute atomic E-state index is 13.2. The van der Waals surface area contributed by atoms with Crippen LogP contribution >= 0.6 is 0 Å². The van der Waals surface area contributed by atoms with E-state index in [9.17, 15) is 28.0 Å². The summed E-state index contributed by atoms with van der Waals surface area (Å²) in [5, 5.41) is 9.18. The second-order valence-electron chi connectivity index (χ2n) is 7.65. The minimum absolute atomic E-state index is 0.0790. The van der Waals surface area contributed by atoms with E-state index in [4.69, 9.17) is 4.74 Å². The number of nitrogens with one attached hydrogen (secondary N) is 2. The first-order valence-electron chi connectivity index (χ1n) is 10.7. The van der Waals surface area contributed by atoms with E-state index in [1.807, 2.05) is 6.07 Å². The van der Waals surface area contributed by atoms with Crippen molar-refractivity contribution < 1.29 is 23.2 Å². The predicted octanol–water partition coefficient (Wildman–Crippen LogP) is 1.48. The molecular weight excluding hydrogens is 476 g/mol. The molecule has 0 aliphatic rings. The van der Waals surface area contributed by atoms with Crippen LogP contribution in [-0.4, -0.2) is 46.5 Å². The quantitative estimate of drug-likeness (QED) is 0.281. The summed E-state index contributed by atoms with van der Waals surface area (Å²) < 4.78 is 34.1. The molecule has 0 fully saturated rings. The molecule has 11 nitrogen and oxygen atoms in total. The van der Waals surface area contributed by atoms with Crippen molar-refractivity contribution in [3.63, 3.8) is 0 Å². The van der Waals surface area contributed by atoms with Crippen molar-refractivity contribution in [3.8, 4) is 11.5 Å². The highest BCUT2D eigenvalue weighted by molar-refractivity contribution is 7.89. The smallest absolute Gasteiger partial charge is 0.328 e. The average Bonchev–Trinajstić information content (AvgIpc) is 2.85. The Morgan fingerprint density at radius 3 is 2.34 bits per heavy atom. The first-order chi connectivity index (χ1) is 16.7. The van der Waals surface area contributed by atoms with E-state index in [-0.39, 0.29) is 17.9 Å². The molecule has 3 N–H and O–H groups in total. The van der Waals surface area contributed by atoms with Crippen LogP contribution in [0.5, 0.6) is 11.5 Å². The van der Waals surface area contributed by atoms with Crippen LogP contribution < -0.4 is 21.5 Å². The molecule has 0 aliphatic carbocycles. The topological polar surface area (TPSA) is 151 Å². The highest BCUT2D eigenvalue weighted by Crippen LogP contribution is 2.25. The van der Waals surface area contributed by atoms with Gasteiger partial charge in [0.15, 0.2) is 0 Å². The number of likely N-dealkylation sites (N-methyl/N-ethyl adjacent to an activating group) is 1. The lowest BCUT2D eigenvalue weighted by Crippen LogP contribution is -2.47. The van der Waals surface area contributed by atoms with Gasteiger partial charge in [0, 0.05) is 25.4 Å². The van der Waals surface area contributed by atoms with E-state index in [0.717, 1.165) is 4.31 Å². The third kappa shape index (κ3) is 6.04. The van der Waals surface area contributed by atoms with E-state index >= 15 is 0 Å². The Labute approximate surface area is 201 Å². The Balaban J connectivity index is 1.81. The number of para-hydroxylation sites is 1. The van der Waals surface area contributed by atoms with Crippen LogP contribution in [0.25, 0.3) is 0 Å². The lowest BCUT2D eigenvalue weighted by molar-refractivity contribution is -0.133. The third-order valence-corrected chi connectivity index (χ3v) is 7.32. The van der Waals surface area contributed by atoms with Crippen molar-refractivity contribution in [2.24, 2.45) is 0 Å². The predicted molar refractivity (Wildman–Crippen MR) is 127 cm³/mol. The molecule has 0 aliphatic heterocycles. The van der Waals surface area contributed by atoms with Crippen LogP contribution in [0, 0.1) is 0 Å². The number of carbonyl (C=O) groups excluding carboxylic acids is 1. The fourth-order valence-corrected chi connectivity index (χ4v) is 4.77. The van der Waals surface area contributed by atoms with Crippen LogP contribution in [0.3, 0.4) is 0 Å². The van der Waals surface area contributed by atoms with Crippen LogP contribution in [0.2, 0.25) is 0 Å². The fraction of sp³-hybridized carbons (Fsp3) is 0.261. The first-order valence-corrected chi connectivity index (χ1v) is 12.2. The maximum atomic E-state index is 13.2. The summed E-state index contributed by atoms with van der Waals surface area (Å²) in [6.07, 6.45) is 1.61. The van der Waals surface area contributed by atoms with Crippen LogP contribution in [0.15, 0.2) is 75.3 Å². The minimum Gasteiger partial charge on any atom is -0.457 e. The summed E-state index contributed by atoms with van der Waals surface area (Å²) in [5.41, 5.74) is 0.658. The Kier molecular flexibility index (Phi) is 8.22. The minimum atomic E-state index is -4.16. The number of aromatic nitrogens is 2. The highest BCUT2D eigenvalue weighted by atomic mass is 32.2. The summed E-state index contributed by atoms with van der Waals surface area (Å²) in [7, 11) is -2.95. The second kappa shape index (κ2) is 11.1. The Morgan fingerprint density at radius 2 is 1.74 bits per heavy atom. The molecule has 1 unspecified atom stereocenters. The summed E-state index contributed by atoms with van der Waals surface area (Å²) >= 11 is 0. The van der Waals surface area contributed by atoms with Gasteiger partial charge in [-0.1, -0.05) is 25.1 Å². The zero-order chi connectivity index (χ0) is 25.6. The summed E-state index contributed by atoms with van der Waals surface area (Å²) in [6, 6.07) is 13.3. The normalized spacial score (nSPS) is 12.3. The van der Waals surface area contributed by atoms with E-state index in [2.05, 4.69) is 4.98 Å². The average molecular weight is 503 g/mol. The van der Waals surface area contributed by atoms with Gasteiger partial charge >= 0.3 is 5.69 Å². The molecule has 12 heteroatoms. The Hall–Kier alpha value is -3.74. The summed E-state index contributed by atoms with van der Waals surface area (Å²) in [4.78, 5) is 38.3. The number of ether oxygens (including phenoxy) is 1. The number of amides is 1. The van der Waals surface area contributed by atoms with Gasteiger partial charge in [0.25, 0.3) is 11.5 Å². The summed E-state index contributed by atoms with van der Waals surface area (Å²) in [6.45, 7) is 1.67. The second-order valence-corrected chi connectivity index (χ2v) is 9.65. The lowest BCUT2D eigenvalue weighted by atomic mass is 10.2. The number of carbonyl (C=O) groups is 1. The van der Waals surface area contributed by atoms with Crippen molar-refractivity contribution in [1.29, 1.82) is 0 Å². The maximum Gasteiger partial charge on any atom is 0.328 e. The van der Waals surface area contributed by atoms with Gasteiger partial charge in [-0.05, 0) is 49.2 Å². The fourth-order valence-electron chi connectivity index (χ4n) is 3.42. The van der Waals surface area contributed by atoms with Crippen molar-refractivity contribution >= 4 is 15.9 Å².